The lowest BCUT2D eigenvalue weighted by Gasteiger charge is -1.94. The summed E-state index contributed by atoms with van der Waals surface area (Å²) in [6.07, 6.45) is 13.1. The van der Waals surface area contributed by atoms with Gasteiger partial charge in [-0.1, -0.05) is 44.4 Å². The van der Waals surface area contributed by atoms with Crippen LogP contribution < -0.4 is 0 Å². The molecule has 1 unspecified atom stereocenters. The van der Waals surface area contributed by atoms with E-state index in [0.717, 1.165) is 18.4 Å². The number of hydrogen-bond acceptors (Lipinski definition) is 2. The summed E-state index contributed by atoms with van der Waals surface area (Å²) in [6, 6.07) is 0. The van der Waals surface area contributed by atoms with Gasteiger partial charge in [0.05, 0.1) is 0 Å². The smallest absolute Gasteiger partial charge is 0.334 e. The standard InChI is InChI=1S/C14H22O2/c1-3-4-5-6-7-8-9-10-13-11-12(2)16-14(13)15/h8-10,12H,3-7,11H2,1-2H3/b9-8-,13-10-. The van der Waals surface area contributed by atoms with Gasteiger partial charge in [0.2, 0.25) is 0 Å². The van der Waals surface area contributed by atoms with Gasteiger partial charge in [-0.05, 0) is 19.8 Å². The summed E-state index contributed by atoms with van der Waals surface area (Å²) in [5.74, 6) is -0.150. The Kier molecular flexibility index (Phi) is 5.91. The first-order valence-electron chi connectivity index (χ1n) is 6.30. The number of esters is 1. The van der Waals surface area contributed by atoms with Gasteiger partial charge in [0.1, 0.15) is 6.10 Å². The molecule has 2 heteroatoms. The van der Waals surface area contributed by atoms with Crippen LogP contribution in [-0.2, 0) is 9.53 Å². The van der Waals surface area contributed by atoms with Crippen LogP contribution in [0.25, 0.3) is 0 Å². The third-order valence-electron chi connectivity index (χ3n) is 2.74. The van der Waals surface area contributed by atoms with Crippen molar-refractivity contribution in [2.75, 3.05) is 0 Å². The topological polar surface area (TPSA) is 26.3 Å². The van der Waals surface area contributed by atoms with Crippen LogP contribution in [0.2, 0.25) is 0 Å². The minimum atomic E-state index is -0.150. The number of carbonyl (C=O) groups excluding carboxylic acids is 1. The fourth-order valence-corrected chi connectivity index (χ4v) is 1.80. The van der Waals surface area contributed by atoms with E-state index < -0.39 is 0 Å². The van der Waals surface area contributed by atoms with Gasteiger partial charge in [-0.25, -0.2) is 4.79 Å². The van der Waals surface area contributed by atoms with Gasteiger partial charge in [-0.15, -0.1) is 0 Å². The summed E-state index contributed by atoms with van der Waals surface area (Å²) in [6.45, 7) is 4.14. The molecule has 1 rings (SSSR count). The number of rotatable bonds is 6. The monoisotopic (exact) mass is 222 g/mol. The lowest BCUT2D eigenvalue weighted by molar-refractivity contribution is -0.138. The maximum atomic E-state index is 11.3. The Morgan fingerprint density at radius 1 is 1.38 bits per heavy atom. The van der Waals surface area contributed by atoms with E-state index in [9.17, 15) is 4.79 Å². The van der Waals surface area contributed by atoms with E-state index in [-0.39, 0.29) is 12.1 Å². The fraction of sp³-hybridized carbons (Fsp3) is 0.643. The van der Waals surface area contributed by atoms with Crippen molar-refractivity contribution >= 4 is 5.97 Å². The molecule has 2 nitrogen and oxygen atoms in total. The Balaban J connectivity index is 2.20. The molecule has 90 valence electrons. The van der Waals surface area contributed by atoms with Crippen molar-refractivity contribution < 1.29 is 9.53 Å². The van der Waals surface area contributed by atoms with Crippen molar-refractivity contribution in [3.05, 3.63) is 23.8 Å². The summed E-state index contributed by atoms with van der Waals surface area (Å²) >= 11 is 0. The molecule has 0 bridgehead atoms. The van der Waals surface area contributed by atoms with Crippen LogP contribution >= 0.6 is 0 Å². The van der Waals surface area contributed by atoms with Gasteiger partial charge >= 0.3 is 5.97 Å². The van der Waals surface area contributed by atoms with E-state index in [1.807, 2.05) is 19.1 Å². The molecule has 1 saturated heterocycles. The highest BCUT2D eigenvalue weighted by atomic mass is 16.5. The van der Waals surface area contributed by atoms with Crippen LogP contribution in [0, 0.1) is 0 Å². The van der Waals surface area contributed by atoms with Gasteiger partial charge < -0.3 is 4.74 Å². The zero-order valence-electron chi connectivity index (χ0n) is 10.4. The van der Waals surface area contributed by atoms with Crippen LogP contribution in [0.3, 0.4) is 0 Å². The maximum absolute atomic E-state index is 11.3. The third-order valence-corrected chi connectivity index (χ3v) is 2.74. The Morgan fingerprint density at radius 3 is 2.81 bits per heavy atom. The molecule has 0 aromatic rings. The summed E-state index contributed by atoms with van der Waals surface area (Å²) < 4.78 is 5.04. The molecule has 0 aromatic carbocycles. The second-order valence-corrected chi connectivity index (χ2v) is 4.39. The van der Waals surface area contributed by atoms with Crippen LogP contribution in [0.1, 0.15) is 52.4 Å². The molecular formula is C14H22O2. The van der Waals surface area contributed by atoms with Crippen LogP contribution in [-0.4, -0.2) is 12.1 Å². The van der Waals surface area contributed by atoms with Gasteiger partial charge in [0.15, 0.2) is 0 Å². The molecule has 1 fully saturated rings. The number of hydrogen-bond donors (Lipinski definition) is 0. The van der Waals surface area contributed by atoms with Crippen molar-refractivity contribution in [2.24, 2.45) is 0 Å². The SMILES string of the molecule is CCCCCC/C=C\C=C1\CC(C)OC1=O. The zero-order valence-corrected chi connectivity index (χ0v) is 10.4. The van der Waals surface area contributed by atoms with Crippen LogP contribution in [0.4, 0.5) is 0 Å². The maximum Gasteiger partial charge on any atom is 0.334 e. The molecule has 0 amide bonds. The predicted octanol–water partition coefficient (Wildman–Crippen LogP) is 3.77. The van der Waals surface area contributed by atoms with E-state index in [2.05, 4.69) is 13.0 Å². The Labute approximate surface area is 98.4 Å². The second kappa shape index (κ2) is 7.26. The summed E-state index contributed by atoms with van der Waals surface area (Å²) in [5, 5.41) is 0. The Morgan fingerprint density at radius 2 is 2.19 bits per heavy atom. The number of ether oxygens (including phenoxy) is 1. The predicted molar refractivity (Wildman–Crippen MR) is 66.2 cm³/mol. The van der Waals surface area contributed by atoms with Crippen molar-refractivity contribution in [2.45, 2.75) is 58.5 Å². The van der Waals surface area contributed by atoms with E-state index in [1.165, 1.54) is 25.7 Å². The molecule has 1 aliphatic heterocycles. The minimum absolute atomic E-state index is 0.0525. The minimum Gasteiger partial charge on any atom is -0.459 e. The molecule has 1 aliphatic rings. The van der Waals surface area contributed by atoms with Gasteiger partial charge in [-0.3, -0.25) is 0 Å². The molecule has 1 heterocycles. The molecule has 0 saturated carbocycles. The first-order valence-corrected chi connectivity index (χ1v) is 6.30. The normalized spacial score (nSPS) is 23.2. The largest absolute Gasteiger partial charge is 0.459 e. The molecule has 0 spiro atoms. The van der Waals surface area contributed by atoms with Gasteiger partial charge in [0, 0.05) is 12.0 Å². The lowest BCUT2D eigenvalue weighted by Crippen LogP contribution is -1.99. The van der Waals surface area contributed by atoms with Crippen LogP contribution in [0.15, 0.2) is 23.8 Å². The number of allylic oxidation sites excluding steroid dienone is 3. The second-order valence-electron chi connectivity index (χ2n) is 4.39. The third kappa shape index (κ3) is 4.65. The highest BCUT2D eigenvalue weighted by molar-refractivity contribution is 5.90. The van der Waals surface area contributed by atoms with Crippen molar-refractivity contribution in [1.29, 1.82) is 0 Å². The number of cyclic esters (lactones) is 1. The molecule has 1 atom stereocenters. The van der Waals surface area contributed by atoms with E-state index in [0.29, 0.717) is 0 Å². The average Bonchev–Trinajstić information content (AvgIpc) is 2.56. The summed E-state index contributed by atoms with van der Waals surface area (Å²) in [7, 11) is 0. The van der Waals surface area contributed by atoms with E-state index >= 15 is 0 Å². The van der Waals surface area contributed by atoms with Gasteiger partial charge in [0.25, 0.3) is 0 Å². The molecule has 0 radical (unpaired) electrons. The quantitative estimate of drug-likeness (QED) is 0.388. The molecular weight excluding hydrogens is 200 g/mol. The summed E-state index contributed by atoms with van der Waals surface area (Å²) in [5.41, 5.74) is 0.803. The molecule has 0 N–H and O–H groups in total. The molecule has 0 aromatic heterocycles. The van der Waals surface area contributed by atoms with E-state index in [1.54, 1.807) is 0 Å². The number of carbonyl (C=O) groups is 1. The van der Waals surface area contributed by atoms with Crippen molar-refractivity contribution in [3.63, 3.8) is 0 Å². The average molecular weight is 222 g/mol. The first-order chi connectivity index (χ1) is 7.74. The fourth-order valence-electron chi connectivity index (χ4n) is 1.80. The highest BCUT2D eigenvalue weighted by Crippen LogP contribution is 2.19. The molecule has 0 aliphatic carbocycles. The Hall–Kier alpha value is -1.05. The Bertz CT molecular complexity index is 276. The van der Waals surface area contributed by atoms with E-state index in [4.69, 9.17) is 4.74 Å². The first kappa shape index (κ1) is 13.0. The van der Waals surface area contributed by atoms with Crippen molar-refractivity contribution in [3.8, 4) is 0 Å². The van der Waals surface area contributed by atoms with Crippen LogP contribution in [0.5, 0.6) is 0 Å². The zero-order chi connectivity index (χ0) is 11.8. The summed E-state index contributed by atoms with van der Waals surface area (Å²) in [4.78, 5) is 11.3. The highest BCUT2D eigenvalue weighted by Gasteiger charge is 2.24. The lowest BCUT2D eigenvalue weighted by atomic mass is 10.1. The van der Waals surface area contributed by atoms with Gasteiger partial charge in [-0.2, -0.15) is 0 Å². The van der Waals surface area contributed by atoms with Crippen molar-refractivity contribution in [1.82, 2.24) is 0 Å². The molecule has 16 heavy (non-hydrogen) atoms. The number of unbranched alkanes of at least 4 members (excludes halogenated alkanes) is 4.